The van der Waals surface area contributed by atoms with E-state index in [-0.39, 0.29) is 17.3 Å². The molecule has 0 unspecified atom stereocenters. The van der Waals surface area contributed by atoms with Crippen molar-refractivity contribution >= 4 is 46.4 Å². The fourth-order valence-corrected chi connectivity index (χ4v) is 2.54. The van der Waals surface area contributed by atoms with Crippen LogP contribution in [-0.2, 0) is 0 Å². The average Bonchev–Trinajstić information content (AvgIpc) is 2.59. The third-order valence-corrected chi connectivity index (χ3v) is 3.95. The quantitative estimate of drug-likeness (QED) is 0.640. The molecule has 1 heterocycles. The molecule has 0 aliphatic carbocycles. The average molecular weight is 391 g/mol. The van der Waals surface area contributed by atoms with E-state index in [0.717, 1.165) is 0 Å². The van der Waals surface area contributed by atoms with E-state index in [1.807, 2.05) is 0 Å². The van der Waals surface area contributed by atoms with Crippen molar-refractivity contribution in [3.8, 4) is 0 Å². The van der Waals surface area contributed by atoms with Crippen molar-refractivity contribution in [2.45, 2.75) is 6.92 Å². The van der Waals surface area contributed by atoms with Gasteiger partial charge >= 0.3 is 0 Å². The zero-order valence-corrected chi connectivity index (χ0v) is 15.1. The second-order valence-electron chi connectivity index (χ2n) is 5.40. The fraction of sp³-hybridized carbons (Fsp3) is 0.0556. The van der Waals surface area contributed by atoms with Gasteiger partial charge in [-0.25, -0.2) is 14.4 Å². The Balaban J connectivity index is 1.86. The molecule has 0 atom stereocenters. The van der Waals surface area contributed by atoms with E-state index >= 15 is 0 Å². The molecule has 0 aliphatic heterocycles. The van der Waals surface area contributed by atoms with Gasteiger partial charge in [-0.3, -0.25) is 4.79 Å². The lowest BCUT2D eigenvalue weighted by molar-refractivity contribution is 0.102. The van der Waals surface area contributed by atoms with Crippen LogP contribution in [0, 0.1) is 12.7 Å². The first-order valence-corrected chi connectivity index (χ1v) is 8.31. The van der Waals surface area contributed by atoms with Gasteiger partial charge < -0.3 is 10.6 Å². The number of carbonyl (C=O) groups is 1. The van der Waals surface area contributed by atoms with Crippen LogP contribution in [0.3, 0.4) is 0 Å². The molecule has 8 heteroatoms. The third-order valence-electron chi connectivity index (χ3n) is 3.38. The van der Waals surface area contributed by atoms with E-state index in [1.54, 1.807) is 37.3 Å². The van der Waals surface area contributed by atoms with Crippen molar-refractivity contribution in [3.05, 3.63) is 75.8 Å². The summed E-state index contributed by atoms with van der Waals surface area (Å²) in [4.78, 5) is 20.8. The van der Waals surface area contributed by atoms with Gasteiger partial charge in [-0.05, 0) is 43.3 Å². The van der Waals surface area contributed by atoms with E-state index in [2.05, 4.69) is 20.6 Å². The summed E-state index contributed by atoms with van der Waals surface area (Å²) in [5, 5.41) is 6.20. The number of hydrogen-bond donors (Lipinski definition) is 2. The Morgan fingerprint density at radius 2 is 1.81 bits per heavy atom. The first kappa shape index (κ1) is 18.1. The van der Waals surface area contributed by atoms with Gasteiger partial charge in [0.2, 0.25) is 5.95 Å². The molecule has 0 radical (unpaired) electrons. The Kier molecular flexibility index (Phi) is 5.35. The van der Waals surface area contributed by atoms with Gasteiger partial charge in [0.1, 0.15) is 11.5 Å². The number of rotatable bonds is 4. The Hall–Kier alpha value is -2.70. The molecule has 2 N–H and O–H groups in total. The minimum absolute atomic E-state index is 0.104. The zero-order valence-electron chi connectivity index (χ0n) is 13.6. The van der Waals surface area contributed by atoms with Crippen LogP contribution >= 0.6 is 23.2 Å². The summed E-state index contributed by atoms with van der Waals surface area (Å²) in [6.07, 6.45) is 0. The van der Waals surface area contributed by atoms with Crippen molar-refractivity contribution in [1.29, 1.82) is 0 Å². The number of halogens is 3. The summed E-state index contributed by atoms with van der Waals surface area (Å²) in [5.41, 5.74) is 1.22. The van der Waals surface area contributed by atoms with Gasteiger partial charge in [0.25, 0.3) is 5.91 Å². The smallest absolute Gasteiger partial charge is 0.274 e. The number of anilines is 3. The predicted octanol–water partition coefficient (Wildman–Crippen LogP) is 5.23. The van der Waals surface area contributed by atoms with Gasteiger partial charge in [0.15, 0.2) is 0 Å². The van der Waals surface area contributed by atoms with E-state index < -0.39 is 11.7 Å². The molecule has 5 nitrogen and oxygen atoms in total. The van der Waals surface area contributed by atoms with Crippen molar-refractivity contribution in [3.63, 3.8) is 0 Å². The topological polar surface area (TPSA) is 66.9 Å². The lowest BCUT2D eigenvalue weighted by atomic mass is 10.2. The molecule has 3 aromatic rings. The number of para-hydroxylation sites is 1. The normalized spacial score (nSPS) is 10.5. The maximum Gasteiger partial charge on any atom is 0.274 e. The van der Waals surface area contributed by atoms with E-state index in [0.29, 0.717) is 21.4 Å². The van der Waals surface area contributed by atoms with Gasteiger partial charge in [-0.1, -0.05) is 35.3 Å². The highest BCUT2D eigenvalue weighted by molar-refractivity contribution is 6.35. The highest BCUT2D eigenvalue weighted by atomic mass is 35.5. The summed E-state index contributed by atoms with van der Waals surface area (Å²) in [6, 6.07) is 12.4. The van der Waals surface area contributed by atoms with Crippen molar-refractivity contribution < 1.29 is 9.18 Å². The minimum Gasteiger partial charge on any atom is -0.322 e. The van der Waals surface area contributed by atoms with Gasteiger partial charge in [0.05, 0.1) is 16.4 Å². The number of aromatic nitrogens is 2. The maximum atomic E-state index is 13.8. The third kappa shape index (κ3) is 4.28. The van der Waals surface area contributed by atoms with Crippen LogP contribution in [0.25, 0.3) is 0 Å². The van der Waals surface area contributed by atoms with Crippen LogP contribution in [0.2, 0.25) is 10.0 Å². The standard InChI is InChI=1S/C18H13Cl2FN4O/c1-10-8-16(17(26)23-15-9-11(19)6-7-12(15)20)25-18(22-10)24-14-5-3-2-4-13(14)21/h2-9H,1H3,(H,23,26)(H,22,24,25). The Morgan fingerprint density at radius 3 is 2.58 bits per heavy atom. The molecule has 0 aliphatic rings. The largest absolute Gasteiger partial charge is 0.322 e. The maximum absolute atomic E-state index is 13.8. The molecule has 0 fully saturated rings. The Bertz CT molecular complexity index is 981. The molecular weight excluding hydrogens is 378 g/mol. The van der Waals surface area contributed by atoms with E-state index in [1.165, 1.54) is 18.2 Å². The van der Waals surface area contributed by atoms with Gasteiger partial charge in [-0.2, -0.15) is 0 Å². The van der Waals surface area contributed by atoms with E-state index in [9.17, 15) is 9.18 Å². The fourth-order valence-electron chi connectivity index (χ4n) is 2.20. The molecule has 0 saturated heterocycles. The minimum atomic E-state index is -0.490. The Morgan fingerprint density at radius 1 is 1.04 bits per heavy atom. The van der Waals surface area contributed by atoms with Crippen LogP contribution in [0.4, 0.5) is 21.7 Å². The van der Waals surface area contributed by atoms with Crippen molar-refractivity contribution in [2.75, 3.05) is 10.6 Å². The van der Waals surface area contributed by atoms with E-state index in [4.69, 9.17) is 23.2 Å². The summed E-state index contributed by atoms with van der Waals surface area (Å²) in [6.45, 7) is 1.71. The molecule has 26 heavy (non-hydrogen) atoms. The lowest BCUT2D eigenvalue weighted by Crippen LogP contribution is -2.16. The number of benzene rings is 2. The van der Waals surface area contributed by atoms with Crippen LogP contribution in [0.15, 0.2) is 48.5 Å². The Labute approximate surface area is 159 Å². The number of aryl methyl sites for hydroxylation is 1. The van der Waals surface area contributed by atoms with Crippen LogP contribution in [0.5, 0.6) is 0 Å². The molecule has 0 saturated carbocycles. The van der Waals surface area contributed by atoms with Crippen molar-refractivity contribution in [1.82, 2.24) is 9.97 Å². The molecule has 3 rings (SSSR count). The first-order valence-electron chi connectivity index (χ1n) is 7.56. The van der Waals surface area contributed by atoms with Crippen molar-refractivity contribution in [2.24, 2.45) is 0 Å². The summed E-state index contributed by atoms with van der Waals surface area (Å²) >= 11 is 12.0. The molecule has 0 bridgehead atoms. The highest BCUT2D eigenvalue weighted by Crippen LogP contribution is 2.26. The zero-order chi connectivity index (χ0) is 18.7. The van der Waals surface area contributed by atoms with Crippen LogP contribution in [-0.4, -0.2) is 15.9 Å². The predicted molar refractivity (Wildman–Crippen MR) is 101 cm³/mol. The molecular formula is C18H13Cl2FN4O. The second-order valence-corrected chi connectivity index (χ2v) is 6.24. The van der Waals surface area contributed by atoms with Gasteiger partial charge in [-0.15, -0.1) is 0 Å². The number of nitrogens with one attached hydrogen (secondary N) is 2. The monoisotopic (exact) mass is 390 g/mol. The van der Waals surface area contributed by atoms with Crippen LogP contribution in [0.1, 0.15) is 16.2 Å². The number of nitrogens with zero attached hydrogens (tertiary/aromatic N) is 2. The molecule has 132 valence electrons. The molecule has 0 spiro atoms. The highest BCUT2D eigenvalue weighted by Gasteiger charge is 2.14. The molecule has 1 aromatic heterocycles. The number of hydrogen-bond acceptors (Lipinski definition) is 4. The summed E-state index contributed by atoms with van der Waals surface area (Å²) < 4.78 is 13.8. The molecule has 2 aromatic carbocycles. The SMILES string of the molecule is Cc1cc(C(=O)Nc2cc(Cl)ccc2Cl)nc(Nc2ccccc2F)n1. The first-order chi connectivity index (χ1) is 12.4. The molecule has 1 amide bonds. The summed E-state index contributed by atoms with van der Waals surface area (Å²) in [7, 11) is 0. The second kappa shape index (κ2) is 7.68. The lowest BCUT2D eigenvalue weighted by Gasteiger charge is -2.10. The number of amides is 1. The summed E-state index contributed by atoms with van der Waals surface area (Å²) in [5.74, 6) is -0.831. The van der Waals surface area contributed by atoms with Crippen LogP contribution < -0.4 is 10.6 Å². The van der Waals surface area contributed by atoms with Gasteiger partial charge in [0, 0.05) is 10.7 Å². The number of carbonyl (C=O) groups excluding carboxylic acids is 1.